The van der Waals surface area contributed by atoms with Crippen LogP contribution < -0.4 is 0 Å². The standard InChI is InChI=1S/C16H22/c1-12-6-5-11-16(2)14(12)10-9-13-7-3-4-8-15(13)16/h3-4,7-8,12,14H,5-6,9-11H2,1-2H3/t12?,14-,16?/m0/s1. The molecular formula is C16H22. The summed E-state index contributed by atoms with van der Waals surface area (Å²) in [5, 5.41) is 0. The van der Waals surface area contributed by atoms with Gasteiger partial charge in [0.15, 0.2) is 0 Å². The predicted molar refractivity (Wildman–Crippen MR) is 68.6 cm³/mol. The van der Waals surface area contributed by atoms with Gasteiger partial charge >= 0.3 is 0 Å². The normalized spacial score (nSPS) is 37.6. The summed E-state index contributed by atoms with van der Waals surface area (Å²) >= 11 is 0. The maximum absolute atomic E-state index is 2.52. The van der Waals surface area contributed by atoms with Gasteiger partial charge in [-0.3, -0.25) is 0 Å². The molecule has 1 aromatic rings. The van der Waals surface area contributed by atoms with Crippen LogP contribution in [0.15, 0.2) is 24.3 Å². The van der Waals surface area contributed by atoms with Crippen molar-refractivity contribution in [2.75, 3.05) is 0 Å². The zero-order valence-electron chi connectivity index (χ0n) is 10.5. The molecule has 0 spiro atoms. The second kappa shape index (κ2) is 3.61. The zero-order valence-corrected chi connectivity index (χ0v) is 10.5. The van der Waals surface area contributed by atoms with Crippen molar-refractivity contribution < 1.29 is 0 Å². The molecule has 0 radical (unpaired) electrons. The van der Waals surface area contributed by atoms with Gasteiger partial charge in [-0.15, -0.1) is 0 Å². The van der Waals surface area contributed by atoms with Gasteiger partial charge in [-0.25, -0.2) is 0 Å². The third-order valence-corrected chi connectivity index (χ3v) is 5.22. The molecule has 0 N–H and O–H groups in total. The zero-order chi connectivity index (χ0) is 11.2. The minimum Gasteiger partial charge on any atom is -0.0622 e. The average Bonchev–Trinajstić information content (AvgIpc) is 2.29. The highest BCUT2D eigenvalue weighted by Gasteiger charge is 2.44. The van der Waals surface area contributed by atoms with Crippen molar-refractivity contribution >= 4 is 0 Å². The van der Waals surface area contributed by atoms with Gasteiger partial charge in [0.2, 0.25) is 0 Å². The lowest BCUT2D eigenvalue weighted by atomic mass is 9.55. The predicted octanol–water partition coefficient (Wildman–Crippen LogP) is 4.33. The molecule has 2 aliphatic carbocycles. The first kappa shape index (κ1) is 10.4. The SMILES string of the molecule is CC1CCCC2(C)c3ccccc3CC[C@@H]12. The van der Waals surface area contributed by atoms with Crippen molar-refractivity contribution in [1.29, 1.82) is 0 Å². The molecule has 1 saturated carbocycles. The summed E-state index contributed by atoms with van der Waals surface area (Å²) in [6, 6.07) is 9.16. The van der Waals surface area contributed by atoms with Crippen LogP contribution in [0.1, 0.15) is 50.7 Å². The fourth-order valence-corrected chi connectivity index (χ4v) is 4.35. The molecule has 0 heteroatoms. The van der Waals surface area contributed by atoms with Gasteiger partial charge in [-0.1, -0.05) is 51.0 Å². The third-order valence-electron chi connectivity index (χ3n) is 5.22. The highest BCUT2D eigenvalue weighted by Crippen LogP contribution is 2.51. The summed E-state index contributed by atoms with van der Waals surface area (Å²) in [6.07, 6.45) is 6.99. The molecule has 2 aliphatic rings. The first-order valence-corrected chi connectivity index (χ1v) is 6.80. The minimum absolute atomic E-state index is 0.479. The van der Waals surface area contributed by atoms with E-state index in [-0.39, 0.29) is 0 Å². The van der Waals surface area contributed by atoms with Gasteiger partial charge in [-0.05, 0) is 47.6 Å². The quantitative estimate of drug-likeness (QED) is 0.603. The Morgan fingerprint density at radius 1 is 1.19 bits per heavy atom. The van der Waals surface area contributed by atoms with E-state index in [1.165, 1.54) is 32.1 Å². The van der Waals surface area contributed by atoms with E-state index < -0.39 is 0 Å². The Labute approximate surface area is 99.1 Å². The topological polar surface area (TPSA) is 0 Å². The average molecular weight is 214 g/mol. The van der Waals surface area contributed by atoms with Gasteiger partial charge in [-0.2, -0.15) is 0 Å². The van der Waals surface area contributed by atoms with Crippen LogP contribution in [0, 0.1) is 11.8 Å². The number of rotatable bonds is 0. The van der Waals surface area contributed by atoms with Crippen LogP contribution in [-0.4, -0.2) is 0 Å². The maximum Gasteiger partial charge on any atom is -0.00417 e. The third kappa shape index (κ3) is 1.35. The van der Waals surface area contributed by atoms with Crippen molar-refractivity contribution in [1.82, 2.24) is 0 Å². The molecule has 2 unspecified atom stereocenters. The van der Waals surface area contributed by atoms with E-state index >= 15 is 0 Å². The van der Waals surface area contributed by atoms with Gasteiger partial charge < -0.3 is 0 Å². The summed E-state index contributed by atoms with van der Waals surface area (Å²) in [5.41, 5.74) is 3.76. The summed E-state index contributed by atoms with van der Waals surface area (Å²) in [6.45, 7) is 4.99. The molecule has 1 aromatic carbocycles. The molecule has 0 saturated heterocycles. The Morgan fingerprint density at radius 3 is 2.88 bits per heavy atom. The van der Waals surface area contributed by atoms with E-state index in [2.05, 4.69) is 38.1 Å². The lowest BCUT2D eigenvalue weighted by molar-refractivity contribution is 0.118. The molecular weight excluding hydrogens is 192 g/mol. The molecule has 86 valence electrons. The van der Waals surface area contributed by atoms with Crippen molar-refractivity contribution in [2.45, 2.75) is 51.4 Å². The van der Waals surface area contributed by atoms with Crippen LogP contribution in [0.3, 0.4) is 0 Å². The van der Waals surface area contributed by atoms with Crippen LogP contribution in [0.5, 0.6) is 0 Å². The van der Waals surface area contributed by atoms with Crippen molar-refractivity contribution in [3.05, 3.63) is 35.4 Å². The van der Waals surface area contributed by atoms with Crippen LogP contribution in [0.2, 0.25) is 0 Å². The molecule has 0 nitrogen and oxygen atoms in total. The van der Waals surface area contributed by atoms with E-state index in [0.29, 0.717) is 5.41 Å². The fourth-order valence-electron chi connectivity index (χ4n) is 4.35. The Kier molecular flexibility index (Phi) is 2.34. The molecule has 0 aliphatic heterocycles. The first-order chi connectivity index (χ1) is 7.72. The number of benzene rings is 1. The first-order valence-electron chi connectivity index (χ1n) is 6.80. The summed E-state index contributed by atoms with van der Waals surface area (Å²) in [7, 11) is 0. The number of fused-ring (bicyclic) bond motifs is 3. The van der Waals surface area contributed by atoms with E-state index in [1.54, 1.807) is 11.1 Å². The van der Waals surface area contributed by atoms with Crippen molar-refractivity contribution in [3.8, 4) is 0 Å². The highest BCUT2D eigenvalue weighted by atomic mass is 14.5. The highest BCUT2D eigenvalue weighted by molar-refractivity contribution is 5.37. The smallest absolute Gasteiger partial charge is 0.00417 e. The molecule has 16 heavy (non-hydrogen) atoms. The van der Waals surface area contributed by atoms with E-state index in [1.807, 2.05) is 0 Å². The molecule has 1 fully saturated rings. The van der Waals surface area contributed by atoms with Gasteiger partial charge in [0.1, 0.15) is 0 Å². The number of hydrogen-bond donors (Lipinski definition) is 0. The van der Waals surface area contributed by atoms with Crippen molar-refractivity contribution in [2.24, 2.45) is 11.8 Å². The van der Waals surface area contributed by atoms with Crippen LogP contribution in [0.25, 0.3) is 0 Å². The maximum atomic E-state index is 2.52. The molecule has 0 bridgehead atoms. The fraction of sp³-hybridized carbons (Fsp3) is 0.625. The van der Waals surface area contributed by atoms with Crippen molar-refractivity contribution in [3.63, 3.8) is 0 Å². The second-order valence-corrected chi connectivity index (χ2v) is 6.09. The Balaban J connectivity index is 2.09. The van der Waals surface area contributed by atoms with Gasteiger partial charge in [0, 0.05) is 0 Å². The van der Waals surface area contributed by atoms with E-state index in [0.717, 1.165) is 11.8 Å². The second-order valence-electron chi connectivity index (χ2n) is 6.09. The lowest BCUT2D eigenvalue weighted by Crippen LogP contribution is -2.43. The van der Waals surface area contributed by atoms with Gasteiger partial charge in [0.05, 0.1) is 0 Å². The molecule has 0 heterocycles. The van der Waals surface area contributed by atoms with Crippen LogP contribution in [-0.2, 0) is 11.8 Å². The summed E-state index contributed by atoms with van der Waals surface area (Å²) in [4.78, 5) is 0. The van der Waals surface area contributed by atoms with E-state index in [4.69, 9.17) is 0 Å². The number of hydrogen-bond acceptors (Lipinski definition) is 0. The molecule has 3 rings (SSSR count). The largest absolute Gasteiger partial charge is 0.0622 e. The summed E-state index contributed by atoms with van der Waals surface area (Å²) in [5.74, 6) is 1.85. The Hall–Kier alpha value is -0.780. The Bertz CT molecular complexity index is 393. The van der Waals surface area contributed by atoms with Gasteiger partial charge in [0.25, 0.3) is 0 Å². The molecule has 0 amide bonds. The molecule has 0 aromatic heterocycles. The van der Waals surface area contributed by atoms with Crippen LogP contribution in [0.4, 0.5) is 0 Å². The molecule has 3 atom stereocenters. The lowest BCUT2D eigenvalue weighted by Gasteiger charge is -2.49. The van der Waals surface area contributed by atoms with Crippen LogP contribution >= 0.6 is 0 Å². The Morgan fingerprint density at radius 2 is 2.00 bits per heavy atom. The minimum atomic E-state index is 0.479. The van der Waals surface area contributed by atoms with E-state index in [9.17, 15) is 0 Å². The monoisotopic (exact) mass is 214 g/mol. The summed E-state index contributed by atoms with van der Waals surface area (Å²) < 4.78 is 0. The number of aryl methyl sites for hydroxylation is 1.